The van der Waals surface area contributed by atoms with Crippen LogP contribution in [-0.4, -0.2) is 24.5 Å². The van der Waals surface area contributed by atoms with Crippen LogP contribution in [0.15, 0.2) is 16.6 Å². The minimum atomic E-state index is -0.578. The monoisotopic (exact) mass is 348 g/mol. The fourth-order valence-corrected chi connectivity index (χ4v) is 2.27. The molecule has 0 fully saturated rings. The lowest BCUT2D eigenvalue weighted by molar-refractivity contribution is -0.157. The summed E-state index contributed by atoms with van der Waals surface area (Å²) >= 11 is 9.04. The van der Waals surface area contributed by atoms with Crippen molar-refractivity contribution < 1.29 is 19.1 Å². The van der Waals surface area contributed by atoms with E-state index in [0.717, 1.165) is 0 Å². The summed E-state index contributed by atoms with van der Waals surface area (Å²) in [6.07, 6.45) is 0.612. The maximum atomic E-state index is 11.5. The smallest absolute Gasteiger partial charge is 0.344 e. The first-order chi connectivity index (χ1) is 8.73. The third kappa shape index (κ3) is 5.20. The Labute approximate surface area is 125 Å². The lowest BCUT2D eigenvalue weighted by atomic mass is 10.2. The van der Waals surface area contributed by atoms with Crippen LogP contribution in [0.25, 0.3) is 0 Å². The Morgan fingerprint density at radius 2 is 2.05 bits per heavy atom. The largest absolute Gasteiger partial charge is 0.480 e. The Balaban J connectivity index is 2.78. The summed E-state index contributed by atoms with van der Waals surface area (Å²) in [5.41, 5.74) is -0.312. The molecule has 0 radical (unpaired) electrons. The first-order valence-electron chi connectivity index (χ1n) is 5.52. The van der Waals surface area contributed by atoms with Crippen LogP contribution in [0.5, 0.6) is 5.75 Å². The second kappa shape index (κ2) is 6.39. The molecule has 1 rings (SSSR count). The van der Waals surface area contributed by atoms with Gasteiger partial charge in [-0.2, -0.15) is 0 Å². The number of hydrogen-bond acceptors (Lipinski definition) is 4. The van der Waals surface area contributed by atoms with Gasteiger partial charge in [-0.25, -0.2) is 4.79 Å². The van der Waals surface area contributed by atoms with Gasteiger partial charge in [0.25, 0.3) is 0 Å². The van der Waals surface area contributed by atoms with Gasteiger partial charge in [0.05, 0.1) is 10.0 Å². The van der Waals surface area contributed by atoms with E-state index in [2.05, 4.69) is 15.9 Å². The van der Waals surface area contributed by atoms with E-state index in [4.69, 9.17) is 21.1 Å². The fraction of sp³-hybridized carbons (Fsp3) is 0.385. The molecule has 0 saturated heterocycles. The van der Waals surface area contributed by atoms with E-state index in [-0.39, 0.29) is 17.9 Å². The molecule has 1 aromatic carbocycles. The lowest BCUT2D eigenvalue weighted by Crippen LogP contribution is -2.27. The summed E-state index contributed by atoms with van der Waals surface area (Å²) in [5.74, 6) is -0.239. The highest BCUT2D eigenvalue weighted by Crippen LogP contribution is 2.31. The molecular weight excluding hydrogens is 335 g/mol. The normalized spacial score (nSPS) is 11.0. The van der Waals surface area contributed by atoms with Crippen molar-refractivity contribution in [3.05, 3.63) is 27.2 Å². The molecule has 0 atom stereocenters. The third-order valence-electron chi connectivity index (χ3n) is 1.92. The van der Waals surface area contributed by atoms with Gasteiger partial charge >= 0.3 is 5.97 Å². The second-order valence-electron chi connectivity index (χ2n) is 4.80. The Hall–Kier alpha value is -1.07. The van der Waals surface area contributed by atoms with Gasteiger partial charge in [-0.3, -0.25) is 4.79 Å². The molecule has 0 aliphatic carbocycles. The molecule has 1 aromatic rings. The summed E-state index contributed by atoms with van der Waals surface area (Å²) in [6.45, 7) is 5.01. The highest BCUT2D eigenvalue weighted by molar-refractivity contribution is 9.10. The van der Waals surface area contributed by atoms with E-state index in [9.17, 15) is 9.59 Å². The molecule has 0 N–H and O–H groups in total. The van der Waals surface area contributed by atoms with E-state index >= 15 is 0 Å². The molecule has 0 aliphatic rings. The van der Waals surface area contributed by atoms with Crippen LogP contribution in [0.4, 0.5) is 0 Å². The molecule has 0 spiro atoms. The minimum Gasteiger partial charge on any atom is -0.480 e. The zero-order valence-corrected chi connectivity index (χ0v) is 13.2. The molecule has 0 unspecified atom stereocenters. The molecule has 0 aromatic heterocycles. The van der Waals surface area contributed by atoms with Gasteiger partial charge in [0.2, 0.25) is 0 Å². The Morgan fingerprint density at radius 1 is 1.42 bits per heavy atom. The van der Waals surface area contributed by atoms with Crippen molar-refractivity contribution in [2.45, 2.75) is 26.4 Å². The van der Waals surface area contributed by atoms with E-state index in [0.29, 0.717) is 15.8 Å². The predicted octanol–water partition coefficient (Wildman–Crippen LogP) is 3.64. The Kier molecular flexibility index (Phi) is 5.38. The average molecular weight is 350 g/mol. The standard InChI is InChI=1S/C13H14BrClO4/c1-13(2,3)19-11(17)7-18-12-8(6-16)4-9(15)5-10(12)14/h4-6H,7H2,1-3H3. The fourth-order valence-electron chi connectivity index (χ4n) is 1.32. The summed E-state index contributed by atoms with van der Waals surface area (Å²) < 4.78 is 10.9. The number of carbonyl (C=O) groups excluding carboxylic acids is 2. The topological polar surface area (TPSA) is 52.6 Å². The van der Waals surface area contributed by atoms with E-state index in [1.807, 2.05) is 0 Å². The van der Waals surface area contributed by atoms with Crippen molar-refractivity contribution in [3.8, 4) is 5.75 Å². The first kappa shape index (κ1) is 16.0. The summed E-state index contributed by atoms with van der Waals surface area (Å²) in [7, 11) is 0. The highest BCUT2D eigenvalue weighted by atomic mass is 79.9. The molecule has 19 heavy (non-hydrogen) atoms. The quantitative estimate of drug-likeness (QED) is 0.615. The average Bonchev–Trinajstić information content (AvgIpc) is 2.24. The summed E-state index contributed by atoms with van der Waals surface area (Å²) in [5, 5.41) is 0.401. The van der Waals surface area contributed by atoms with Crippen LogP contribution in [0, 0.1) is 0 Å². The van der Waals surface area contributed by atoms with Crippen molar-refractivity contribution in [2.24, 2.45) is 0 Å². The van der Waals surface area contributed by atoms with Crippen molar-refractivity contribution in [1.29, 1.82) is 0 Å². The third-order valence-corrected chi connectivity index (χ3v) is 2.73. The van der Waals surface area contributed by atoms with Crippen LogP contribution in [0.1, 0.15) is 31.1 Å². The molecule has 0 aliphatic heterocycles. The van der Waals surface area contributed by atoms with Crippen molar-refractivity contribution in [2.75, 3.05) is 6.61 Å². The van der Waals surface area contributed by atoms with Gasteiger partial charge in [0.1, 0.15) is 11.4 Å². The summed E-state index contributed by atoms with van der Waals surface area (Å²) in [6, 6.07) is 3.04. The molecule has 0 heterocycles. The summed E-state index contributed by atoms with van der Waals surface area (Å²) in [4.78, 5) is 22.5. The number of carbonyl (C=O) groups is 2. The number of ether oxygens (including phenoxy) is 2. The van der Waals surface area contributed by atoms with Gasteiger partial charge in [-0.1, -0.05) is 11.6 Å². The predicted molar refractivity (Wildman–Crippen MR) is 75.9 cm³/mol. The molecule has 6 heteroatoms. The number of rotatable bonds is 4. The SMILES string of the molecule is CC(C)(C)OC(=O)COc1c(Br)cc(Cl)cc1C=O. The van der Waals surface area contributed by atoms with Crippen molar-refractivity contribution in [1.82, 2.24) is 0 Å². The Morgan fingerprint density at radius 3 is 2.58 bits per heavy atom. The maximum absolute atomic E-state index is 11.5. The number of hydrogen-bond donors (Lipinski definition) is 0. The number of esters is 1. The molecule has 4 nitrogen and oxygen atoms in total. The number of halogens is 2. The molecular formula is C13H14BrClO4. The lowest BCUT2D eigenvalue weighted by Gasteiger charge is -2.19. The van der Waals surface area contributed by atoms with E-state index < -0.39 is 11.6 Å². The molecule has 104 valence electrons. The van der Waals surface area contributed by atoms with E-state index in [1.54, 1.807) is 26.8 Å². The second-order valence-corrected chi connectivity index (χ2v) is 6.09. The minimum absolute atomic E-state index is 0.267. The van der Waals surface area contributed by atoms with Crippen LogP contribution in [0.3, 0.4) is 0 Å². The van der Waals surface area contributed by atoms with Crippen molar-refractivity contribution in [3.63, 3.8) is 0 Å². The van der Waals surface area contributed by atoms with Crippen LogP contribution >= 0.6 is 27.5 Å². The van der Waals surface area contributed by atoms with Gasteiger partial charge in [-0.15, -0.1) is 0 Å². The number of aldehydes is 1. The zero-order valence-electron chi connectivity index (χ0n) is 10.8. The van der Waals surface area contributed by atoms with Gasteiger partial charge in [-0.05, 0) is 48.8 Å². The van der Waals surface area contributed by atoms with Gasteiger partial charge in [0, 0.05) is 5.02 Å². The Bertz CT molecular complexity index is 494. The highest BCUT2D eigenvalue weighted by Gasteiger charge is 2.18. The maximum Gasteiger partial charge on any atom is 0.344 e. The van der Waals surface area contributed by atoms with Crippen molar-refractivity contribution >= 4 is 39.8 Å². The molecule has 0 bridgehead atoms. The van der Waals surface area contributed by atoms with Crippen LogP contribution < -0.4 is 4.74 Å². The molecule has 0 amide bonds. The van der Waals surface area contributed by atoms with E-state index in [1.165, 1.54) is 6.07 Å². The van der Waals surface area contributed by atoms with Crippen LogP contribution in [0.2, 0.25) is 5.02 Å². The number of benzene rings is 1. The van der Waals surface area contributed by atoms with Gasteiger partial charge in [0.15, 0.2) is 12.9 Å². The van der Waals surface area contributed by atoms with Crippen LogP contribution in [-0.2, 0) is 9.53 Å². The van der Waals surface area contributed by atoms with Gasteiger partial charge < -0.3 is 9.47 Å². The zero-order chi connectivity index (χ0) is 14.6. The first-order valence-corrected chi connectivity index (χ1v) is 6.69. The molecule has 0 saturated carbocycles.